The summed E-state index contributed by atoms with van der Waals surface area (Å²) in [6.45, 7) is 15.9. The van der Waals surface area contributed by atoms with Gasteiger partial charge in [0.05, 0.1) is 25.2 Å². The molecular weight excluding hydrogens is 544 g/mol. The molecule has 2 N–H and O–H groups in total. The van der Waals surface area contributed by atoms with Crippen LogP contribution in [0.3, 0.4) is 0 Å². The molecule has 3 aliphatic carbocycles. The normalized spacial score (nSPS) is 21.9. The molecule has 41 heavy (non-hydrogen) atoms. The fourth-order valence-corrected chi connectivity index (χ4v) is 5.55. The van der Waals surface area contributed by atoms with Crippen LogP contribution in [-0.2, 0) is 14.3 Å². The van der Waals surface area contributed by atoms with Gasteiger partial charge in [0, 0.05) is 28.5 Å². The van der Waals surface area contributed by atoms with E-state index in [1.165, 1.54) is 11.8 Å². The Morgan fingerprint density at radius 2 is 1.59 bits per heavy atom. The number of benzene rings is 1. The zero-order valence-electron chi connectivity index (χ0n) is 25.5. The fraction of sp³-hybridized carbons (Fsp3) is 0.667. The molecular formula is C30H44N4O6S. The van der Waals surface area contributed by atoms with Crippen molar-refractivity contribution in [1.29, 1.82) is 0 Å². The monoisotopic (exact) mass is 588 g/mol. The van der Waals surface area contributed by atoms with E-state index in [2.05, 4.69) is 48.5 Å². The Bertz CT molecular complexity index is 1210. The van der Waals surface area contributed by atoms with Gasteiger partial charge < -0.3 is 29.3 Å². The lowest BCUT2D eigenvalue weighted by Gasteiger charge is -2.68. The van der Waals surface area contributed by atoms with Crippen LogP contribution in [0, 0.1) is 16.2 Å². The number of rotatable bonds is 13. The molecule has 11 heteroatoms. The van der Waals surface area contributed by atoms with Gasteiger partial charge in [-0.3, -0.25) is 4.79 Å². The first-order chi connectivity index (χ1) is 19.0. The molecule has 10 nitrogen and oxygen atoms in total. The van der Waals surface area contributed by atoms with Gasteiger partial charge in [-0.2, -0.15) is 0 Å². The molecule has 2 aromatic rings. The molecule has 0 aliphatic heterocycles. The second kappa shape index (κ2) is 11.5. The maximum Gasteiger partial charge on any atom is 0.408 e. The molecule has 3 fully saturated rings. The third-order valence-electron chi connectivity index (χ3n) is 7.30. The van der Waals surface area contributed by atoms with Crippen LogP contribution in [0.5, 0.6) is 5.75 Å². The first-order valence-corrected chi connectivity index (χ1v) is 15.2. The minimum atomic E-state index is -0.541. The number of nitrogens with one attached hydrogen (secondary N) is 2. The van der Waals surface area contributed by atoms with Gasteiger partial charge in [0.15, 0.2) is 0 Å². The van der Waals surface area contributed by atoms with Crippen molar-refractivity contribution in [1.82, 2.24) is 20.8 Å². The second-order valence-electron chi connectivity index (χ2n) is 14.1. The molecule has 2 amide bonds. The smallest absolute Gasteiger partial charge is 0.408 e. The van der Waals surface area contributed by atoms with Gasteiger partial charge in [-0.05, 0) is 70.6 Å². The maximum atomic E-state index is 12.9. The van der Waals surface area contributed by atoms with E-state index in [0.29, 0.717) is 56.7 Å². The molecule has 226 valence electrons. The lowest BCUT2D eigenvalue weighted by Crippen LogP contribution is -2.78. The first kappa shape index (κ1) is 31.2. The largest absolute Gasteiger partial charge is 0.493 e. The van der Waals surface area contributed by atoms with Crippen LogP contribution < -0.4 is 15.4 Å². The molecule has 0 radical (unpaired) electrons. The van der Waals surface area contributed by atoms with Crippen molar-refractivity contribution in [3.05, 3.63) is 24.3 Å². The zero-order valence-corrected chi connectivity index (χ0v) is 26.3. The topological polar surface area (TPSA) is 125 Å². The Hall–Kier alpha value is -2.79. The van der Waals surface area contributed by atoms with E-state index in [4.69, 9.17) is 18.6 Å². The Kier molecular flexibility index (Phi) is 8.72. The van der Waals surface area contributed by atoms with Crippen LogP contribution in [0.15, 0.2) is 33.9 Å². The third kappa shape index (κ3) is 7.94. The van der Waals surface area contributed by atoms with Crippen LogP contribution in [0.4, 0.5) is 4.79 Å². The number of ether oxygens (including phenoxy) is 3. The number of thioether (sulfide) groups is 1. The average molecular weight is 589 g/mol. The van der Waals surface area contributed by atoms with Gasteiger partial charge in [-0.25, -0.2) is 4.79 Å². The van der Waals surface area contributed by atoms with Crippen molar-refractivity contribution >= 4 is 23.8 Å². The van der Waals surface area contributed by atoms with Crippen molar-refractivity contribution in [2.24, 2.45) is 16.2 Å². The minimum Gasteiger partial charge on any atom is -0.493 e. The summed E-state index contributed by atoms with van der Waals surface area (Å²) >= 11 is 1.41. The minimum absolute atomic E-state index is 0.0574. The van der Waals surface area contributed by atoms with Gasteiger partial charge in [0.25, 0.3) is 5.22 Å². The molecule has 1 aromatic heterocycles. The molecule has 0 saturated heterocycles. The van der Waals surface area contributed by atoms with E-state index >= 15 is 0 Å². The third-order valence-corrected chi connectivity index (χ3v) is 7.82. The van der Waals surface area contributed by atoms with Crippen LogP contribution >= 0.6 is 11.8 Å². The highest BCUT2D eigenvalue weighted by Gasteiger charge is 2.72. The summed E-state index contributed by atoms with van der Waals surface area (Å²) in [5, 5.41) is 14.6. The van der Waals surface area contributed by atoms with Crippen molar-refractivity contribution in [3.63, 3.8) is 0 Å². The van der Waals surface area contributed by atoms with Gasteiger partial charge in [-0.1, -0.05) is 39.5 Å². The molecule has 3 saturated carbocycles. The second-order valence-corrected chi connectivity index (χ2v) is 14.9. The quantitative estimate of drug-likeness (QED) is 0.293. The van der Waals surface area contributed by atoms with E-state index in [-0.39, 0.29) is 27.7 Å². The van der Waals surface area contributed by atoms with E-state index < -0.39 is 11.7 Å². The predicted molar refractivity (Wildman–Crippen MR) is 157 cm³/mol. The Balaban J connectivity index is 1.13. The number of alkyl carbamates (subject to hydrolysis) is 1. The van der Waals surface area contributed by atoms with E-state index in [9.17, 15) is 9.59 Å². The van der Waals surface area contributed by atoms with Gasteiger partial charge in [0.2, 0.25) is 11.8 Å². The summed E-state index contributed by atoms with van der Waals surface area (Å²) in [4.78, 5) is 25.0. The molecule has 3 aliphatic rings. The predicted octanol–water partition coefficient (Wildman–Crippen LogP) is 5.47. The van der Waals surface area contributed by atoms with Gasteiger partial charge in [0.1, 0.15) is 11.4 Å². The molecule has 0 atom stereocenters. The number of amides is 2. The van der Waals surface area contributed by atoms with Crippen LogP contribution in [0.2, 0.25) is 0 Å². The average Bonchev–Trinajstić information content (AvgIpc) is 3.31. The number of nitrogens with zero attached hydrogens (tertiary/aromatic N) is 2. The fourth-order valence-electron chi connectivity index (χ4n) is 5.27. The number of hydrogen-bond acceptors (Lipinski definition) is 9. The van der Waals surface area contributed by atoms with Crippen LogP contribution in [0.25, 0.3) is 11.5 Å². The molecule has 1 aromatic carbocycles. The zero-order chi connectivity index (χ0) is 30.1. The Labute approximate surface area is 247 Å². The first-order valence-electron chi connectivity index (χ1n) is 14.0. The molecule has 1 heterocycles. The SMILES string of the molecule is CSc1nnc(-c2ccc(OCC(C)(C)COCC(C)(C)CNC(=O)C34CC(NC(=O)OC(C)(C)C)(C3)C4)cc2)o1. The molecule has 0 spiro atoms. The highest BCUT2D eigenvalue weighted by atomic mass is 32.2. The van der Waals surface area contributed by atoms with Crippen molar-refractivity contribution in [2.75, 3.05) is 32.6 Å². The number of carbonyl (C=O) groups excluding carboxylic acids is 2. The Morgan fingerprint density at radius 3 is 2.17 bits per heavy atom. The lowest BCUT2D eigenvalue weighted by atomic mass is 9.39. The maximum absolute atomic E-state index is 12.9. The number of aromatic nitrogens is 2. The highest BCUT2D eigenvalue weighted by Crippen LogP contribution is 2.67. The summed E-state index contributed by atoms with van der Waals surface area (Å²) in [5.74, 6) is 1.30. The van der Waals surface area contributed by atoms with Crippen LogP contribution in [-0.4, -0.2) is 66.0 Å². The van der Waals surface area contributed by atoms with Crippen molar-refractivity contribution in [2.45, 2.75) is 84.1 Å². The Morgan fingerprint density at radius 1 is 0.951 bits per heavy atom. The van der Waals surface area contributed by atoms with Gasteiger partial charge >= 0.3 is 6.09 Å². The standard InChI is InChI=1S/C30H44N4O6S/c1-26(2,3)40-24(36)32-30-13-29(14-30,15-30)23(35)31-16-27(4,5)17-37-18-28(6,7)19-38-21-11-9-20(10-12-21)22-33-34-25(39-22)41-8/h9-12H,13-19H2,1-8H3,(H,31,35)(H,32,36). The summed E-state index contributed by atoms with van der Waals surface area (Å²) in [7, 11) is 0. The molecule has 2 bridgehead atoms. The molecule has 5 rings (SSSR count). The van der Waals surface area contributed by atoms with E-state index in [1.54, 1.807) is 0 Å². The van der Waals surface area contributed by atoms with E-state index in [0.717, 1.165) is 11.3 Å². The summed E-state index contributed by atoms with van der Waals surface area (Å²) in [6.07, 6.45) is 3.46. The number of carbonyl (C=O) groups is 2. The van der Waals surface area contributed by atoms with E-state index in [1.807, 2.05) is 51.3 Å². The summed E-state index contributed by atoms with van der Waals surface area (Å²) < 4.78 is 23.0. The number of hydrogen-bond donors (Lipinski definition) is 2. The summed E-state index contributed by atoms with van der Waals surface area (Å²) in [6, 6.07) is 7.58. The van der Waals surface area contributed by atoms with Gasteiger partial charge in [-0.15, -0.1) is 10.2 Å². The highest BCUT2D eigenvalue weighted by molar-refractivity contribution is 7.98. The molecule has 0 unspecified atom stereocenters. The van der Waals surface area contributed by atoms with Crippen molar-refractivity contribution in [3.8, 4) is 17.2 Å². The van der Waals surface area contributed by atoms with Crippen LogP contribution in [0.1, 0.15) is 67.7 Å². The lowest BCUT2D eigenvalue weighted by molar-refractivity contribution is -0.180. The summed E-state index contributed by atoms with van der Waals surface area (Å²) in [5.41, 5.74) is -0.802. The van der Waals surface area contributed by atoms with Crippen molar-refractivity contribution < 1.29 is 28.2 Å².